The molecule has 2 aromatic rings. The third kappa shape index (κ3) is 18.9. The fourth-order valence-electron chi connectivity index (χ4n) is 4.97. The van der Waals surface area contributed by atoms with Gasteiger partial charge < -0.3 is 24.2 Å². The number of hydrogen-bond acceptors (Lipinski definition) is 7. The van der Waals surface area contributed by atoms with Crippen molar-refractivity contribution in [2.75, 3.05) is 26.9 Å². The quantitative estimate of drug-likeness (QED) is 0.0568. The molecule has 0 radical (unpaired) electrons. The van der Waals surface area contributed by atoms with Crippen LogP contribution < -0.4 is 14.4 Å². The molecule has 2 rings (SSSR count). The molecule has 0 saturated heterocycles. The zero-order chi connectivity index (χ0) is 31.7. The van der Waals surface area contributed by atoms with Gasteiger partial charge >= 0.3 is 14.7 Å². The highest BCUT2D eigenvalue weighted by molar-refractivity contribution is 7.41. The Labute approximate surface area is 271 Å². The van der Waals surface area contributed by atoms with E-state index in [2.05, 4.69) is 29.9 Å². The first-order valence-electron chi connectivity index (χ1n) is 16.8. The number of carbonyl (C=O) groups is 1. The normalized spacial score (nSPS) is 12.6. The summed E-state index contributed by atoms with van der Waals surface area (Å²) in [5, 5.41) is 2.81. The SMILES string of the molecule is CCCCCCCCCCCCCCCCCCNC(=O)OCC(COP(O)Oc1ccccc1C[n+]1csc(C)c1)OC. The number of thiazole rings is 1. The van der Waals surface area contributed by atoms with Crippen molar-refractivity contribution in [3.63, 3.8) is 0 Å². The van der Waals surface area contributed by atoms with Crippen LogP contribution in [0.2, 0.25) is 0 Å². The van der Waals surface area contributed by atoms with Gasteiger partial charge in [-0.2, -0.15) is 4.57 Å². The minimum atomic E-state index is -2.18. The molecule has 1 heterocycles. The maximum absolute atomic E-state index is 12.1. The number of nitrogens with one attached hydrogen (secondary N) is 1. The molecule has 0 aliphatic heterocycles. The molecule has 0 aliphatic carbocycles. The van der Waals surface area contributed by atoms with E-state index in [1.807, 2.05) is 29.8 Å². The molecular formula is C34H58N2O6PS+. The fraction of sp³-hybridized carbons (Fsp3) is 0.706. The van der Waals surface area contributed by atoms with E-state index < -0.39 is 20.8 Å². The van der Waals surface area contributed by atoms with Gasteiger partial charge in [0.1, 0.15) is 18.5 Å². The molecule has 0 aliphatic rings. The molecule has 2 N–H and O–H groups in total. The zero-order valence-electron chi connectivity index (χ0n) is 27.5. The summed E-state index contributed by atoms with van der Waals surface area (Å²) >= 11 is 1.68. The summed E-state index contributed by atoms with van der Waals surface area (Å²) < 4.78 is 23.9. The highest BCUT2D eigenvalue weighted by atomic mass is 32.1. The Balaban J connectivity index is 1.45. The van der Waals surface area contributed by atoms with Crippen LogP contribution >= 0.6 is 19.9 Å². The van der Waals surface area contributed by atoms with E-state index in [1.54, 1.807) is 11.3 Å². The van der Waals surface area contributed by atoms with Crippen molar-refractivity contribution in [3.8, 4) is 5.75 Å². The molecule has 2 atom stereocenters. The molecule has 44 heavy (non-hydrogen) atoms. The van der Waals surface area contributed by atoms with Gasteiger partial charge in [0.15, 0.2) is 12.7 Å². The maximum atomic E-state index is 12.1. The maximum Gasteiger partial charge on any atom is 0.407 e. The number of nitrogens with zero attached hydrogens (tertiary/aromatic N) is 1. The largest absolute Gasteiger partial charge is 0.447 e. The molecule has 10 heteroatoms. The number of carbonyl (C=O) groups excluding carboxylic acids is 1. The number of aryl methyl sites for hydroxylation is 1. The Kier molecular flexibility index (Phi) is 22.2. The zero-order valence-corrected chi connectivity index (χ0v) is 29.2. The second kappa shape index (κ2) is 25.4. The smallest absolute Gasteiger partial charge is 0.407 e. The summed E-state index contributed by atoms with van der Waals surface area (Å²) in [6, 6.07) is 7.57. The lowest BCUT2D eigenvalue weighted by molar-refractivity contribution is -0.683. The van der Waals surface area contributed by atoms with Crippen LogP contribution in [0.5, 0.6) is 5.75 Å². The number of para-hydroxylation sites is 1. The lowest BCUT2D eigenvalue weighted by Gasteiger charge is -2.18. The van der Waals surface area contributed by atoms with Gasteiger partial charge in [-0.25, -0.2) is 4.79 Å². The summed E-state index contributed by atoms with van der Waals surface area (Å²) in [5.41, 5.74) is 2.98. The molecule has 8 nitrogen and oxygen atoms in total. The summed E-state index contributed by atoms with van der Waals surface area (Å²) in [6.45, 7) is 5.62. The van der Waals surface area contributed by atoms with E-state index in [9.17, 15) is 9.69 Å². The molecule has 1 amide bonds. The van der Waals surface area contributed by atoms with E-state index in [-0.39, 0.29) is 13.2 Å². The van der Waals surface area contributed by atoms with Gasteiger partial charge in [-0.15, -0.1) is 0 Å². The monoisotopic (exact) mass is 653 g/mol. The second-order valence-electron chi connectivity index (χ2n) is 11.6. The number of ether oxygens (including phenoxy) is 2. The van der Waals surface area contributed by atoms with E-state index in [0.29, 0.717) is 18.8 Å². The van der Waals surface area contributed by atoms with Gasteiger partial charge in [-0.3, -0.25) is 4.52 Å². The van der Waals surface area contributed by atoms with Crippen LogP contribution in [-0.2, 0) is 20.5 Å². The summed E-state index contributed by atoms with van der Waals surface area (Å²) in [4.78, 5) is 23.7. The number of benzene rings is 1. The number of methoxy groups -OCH3 is 1. The average molecular weight is 654 g/mol. The van der Waals surface area contributed by atoms with Gasteiger partial charge in [-0.05, 0) is 25.5 Å². The van der Waals surface area contributed by atoms with Gasteiger partial charge in [0, 0.05) is 13.7 Å². The van der Waals surface area contributed by atoms with Crippen molar-refractivity contribution in [2.24, 2.45) is 0 Å². The molecule has 250 valence electrons. The first kappa shape index (κ1) is 38.4. The predicted molar refractivity (Wildman–Crippen MR) is 180 cm³/mol. The van der Waals surface area contributed by atoms with Crippen molar-refractivity contribution in [1.29, 1.82) is 0 Å². The van der Waals surface area contributed by atoms with Crippen LogP contribution in [0.15, 0.2) is 36.0 Å². The Hall–Kier alpha value is -1.77. The van der Waals surface area contributed by atoms with Gasteiger partial charge in [0.05, 0.1) is 17.0 Å². The van der Waals surface area contributed by atoms with Crippen LogP contribution in [0.25, 0.3) is 0 Å². The van der Waals surface area contributed by atoms with Crippen molar-refractivity contribution in [3.05, 3.63) is 46.4 Å². The topological polar surface area (TPSA) is 90.1 Å². The van der Waals surface area contributed by atoms with Crippen LogP contribution in [0.1, 0.15) is 120 Å². The van der Waals surface area contributed by atoms with E-state index in [4.69, 9.17) is 18.5 Å². The Bertz CT molecular complexity index is 994. The summed E-state index contributed by atoms with van der Waals surface area (Å²) in [5.74, 6) is 0.566. The van der Waals surface area contributed by atoms with Crippen LogP contribution in [0.3, 0.4) is 0 Å². The number of hydrogen-bond donors (Lipinski definition) is 2. The molecule has 0 fully saturated rings. The second-order valence-corrected chi connectivity index (χ2v) is 13.6. The molecule has 1 aromatic heterocycles. The lowest BCUT2D eigenvalue weighted by atomic mass is 10.0. The molecular weight excluding hydrogens is 595 g/mol. The van der Waals surface area contributed by atoms with E-state index in [1.165, 1.54) is 102 Å². The number of aromatic nitrogens is 1. The van der Waals surface area contributed by atoms with E-state index in [0.717, 1.165) is 18.4 Å². The molecule has 0 saturated carbocycles. The third-order valence-electron chi connectivity index (χ3n) is 7.63. The third-order valence-corrected chi connectivity index (χ3v) is 9.20. The van der Waals surface area contributed by atoms with E-state index >= 15 is 0 Å². The van der Waals surface area contributed by atoms with Crippen molar-refractivity contribution in [2.45, 2.75) is 129 Å². The molecule has 1 aromatic carbocycles. The van der Waals surface area contributed by atoms with Gasteiger partial charge in [0.2, 0.25) is 5.51 Å². The minimum absolute atomic E-state index is 0.0230. The van der Waals surface area contributed by atoms with Crippen LogP contribution in [0.4, 0.5) is 4.79 Å². The van der Waals surface area contributed by atoms with Gasteiger partial charge in [0.25, 0.3) is 0 Å². The van der Waals surface area contributed by atoms with Crippen molar-refractivity contribution < 1.29 is 32.8 Å². The highest BCUT2D eigenvalue weighted by Gasteiger charge is 2.19. The Morgan fingerprint density at radius 1 is 0.909 bits per heavy atom. The first-order chi connectivity index (χ1) is 21.5. The number of unbranched alkanes of at least 4 members (excludes halogenated alkanes) is 15. The summed E-state index contributed by atoms with van der Waals surface area (Å²) in [7, 11) is -0.661. The van der Waals surface area contributed by atoms with Crippen molar-refractivity contribution >= 4 is 26.0 Å². The van der Waals surface area contributed by atoms with Gasteiger partial charge in [-0.1, -0.05) is 127 Å². The van der Waals surface area contributed by atoms with Crippen LogP contribution in [0, 0.1) is 6.92 Å². The molecule has 0 bridgehead atoms. The average Bonchev–Trinajstić information content (AvgIpc) is 3.43. The molecule has 2 unspecified atom stereocenters. The molecule has 0 spiro atoms. The first-order valence-corrected chi connectivity index (χ1v) is 18.8. The fourth-order valence-corrected chi connectivity index (χ4v) is 6.30. The van der Waals surface area contributed by atoms with Crippen LogP contribution in [-0.4, -0.2) is 44.0 Å². The number of amides is 1. The lowest BCUT2D eigenvalue weighted by Crippen LogP contribution is -2.31. The Morgan fingerprint density at radius 2 is 1.50 bits per heavy atom. The van der Waals surface area contributed by atoms with Crippen molar-refractivity contribution in [1.82, 2.24) is 5.32 Å². The Morgan fingerprint density at radius 3 is 2.07 bits per heavy atom. The summed E-state index contributed by atoms with van der Waals surface area (Å²) in [6.07, 6.45) is 22.2. The minimum Gasteiger partial charge on any atom is -0.447 e. The number of alkyl carbamates (subject to hydrolysis) is 1. The predicted octanol–water partition coefficient (Wildman–Crippen LogP) is 9.01. The standard InChI is InChI=1S/C34H57N2O6PS/c1-4-5-6-7-8-9-10-11-12-13-14-15-16-17-18-21-24-35-34(37)40-27-32(39-3)28-41-43(38)42-33-23-20-19-22-31(33)26-36-25-30(2)44-29-36/h19-20,22-23,25,29,32,38H,4-18,21,24,26-28H2,1-3H3/p+1. The number of rotatable bonds is 27. The highest BCUT2D eigenvalue weighted by Crippen LogP contribution is 2.36.